The van der Waals surface area contributed by atoms with E-state index < -0.39 is 7.12 Å². The van der Waals surface area contributed by atoms with Crippen molar-refractivity contribution < 1.29 is 14.5 Å². The van der Waals surface area contributed by atoms with E-state index in [9.17, 15) is 9.82 Å². The average molecular weight is 261 g/mol. The Labute approximate surface area is 114 Å². The summed E-state index contributed by atoms with van der Waals surface area (Å²) in [5.41, 5.74) is 1.36. The Morgan fingerprint density at radius 3 is 2.84 bits per heavy atom. The van der Waals surface area contributed by atoms with E-state index in [2.05, 4.69) is 5.32 Å². The van der Waals surface area contributed by atoms with Crippen LogP contribution in [0.5, 0.6) is 0 Å². The highest BCUT2D eigenvalue weighted by Gasteiger charge is 2.35. The Morgan fingerprint density at radius 1 is 1.47 bits per heavy atom. The summed E-state index contributed by atoms with van der Waals surface area (Å²) in [6.07, 6.45) is 0.506. The van der Waals surface area contributed by atoms with Gasteiger partial charge in [0.05, 0.1) is 6.10 Å². The van der Waals surface area contributed by atoms with Crippen LogP contribution in [0.4, 0.5) is 0 Å². The van der Waals surface area contributed by atoms with E-state index in [1.807, 2.05) is 45.0 Å². The number of hydrogen-bond acceptors (Lipinski definition) is 3. The third kappa shape index (κ3) is 2.82. The lowest BCUT2D eigenvalue weighted by atomic mass is 9.79. The molecule has 102 valence electrons. The Kier molecular flexibility index (Phi) is 3.97. The third-order valence-corrected chi connectivity index (χ3v) is 3.85. The molecule has 1 aliphatic heterocycles. The minimum absolute atomic E-state index is 0.0115. The van der Waals surface area contributed by atoms with E-state index in [-0.39, 0.29) is 17.4 Å². The maximum Gasteiger partial charge on any atom is 0.492 e. The van der Waals surface area contributed by atoms with Crippen molar-refractivity contribution in [2.75, 3.05) is 6.54 Å². The fourth-order valence-electron chi connectivity index (χ4n) is 2.07. The predicted molar refractivity (Wildman–Crippen MR) is 75.0 cm³/mol. The van der Waals surface area contributed by atoms with Crippen molar-refractivity contribution in [3.8, 4) is 0 Å². The van der Waals surface area contributed by atoms with Gasteiger partial charge in [-0.25, -0.2) is 0 Å². The second-order valence-corrected chi connectivity index (χ2v) is 5.55. The summed E-state index contributed by atoms with van der Waals surface area (Å²) < 4.78 is 5.47. The number of nitrogens with one attached hydrogen (secondary N) is 1. The molecule has 4 nitrogen and oxygen atoms in total. The van der Waals surface area contributed by atoms with Crippen LogP contribution in [0.25, 0.3) is 0 Å². The second kappa shape index (κ2) is 5.35. The lowest BCUT2D eigenvalue weighted by Crippen LogP contribution is -2.38. The lowest BCUT2D eigenvalue weighted by molar-refractivity contribution is -0.129. The standard InChI is InChI=1S/C14H20BNO3/c1-4-14(2,3)13(17)16-9-12-10-7-5-6-8-11(10)15(18)19-12/h5-8,12,18H,4,9H2,1-3H3,(H,16,17). The number of hydrogen-bond donors (Lipinski definition) is 2. The van der Waals surface area contributed by atoms with Crippen LogP contribution >= 0.6 is 0 Å². The molecule has 5 heteroatoms. The molecule has 0 saturated carbocycles. The molecule has 2 N–H and O–H groups in total. The van der Waals surface area contributed by atoms with Crippen LogP contribution in [0.1, 0.15) is 38.9 Å². The molecule has 2 rings (SSSR count). The minimum atomic E-state index is -0.891. The van der Waals surface area contributed by atoms with Gasteiger partial charge in [-0.1, -0.05) is 45.0 Å². The third-order valence-electron chi connectivity index (χ3n) is 3.85. The largest absolute Gasteiger partial charge is 0.492 e. The minimum Gasteiger partial charge on any atom is -0.423 e. The maximum atomic E-state index is 12.0. The summed E-state index contributed by atoms with van der Waals surface area (Å²) in [4.78, 5) is 12.0. The number of rotatable bonds is 4. The Bertz CT molecular complexity index is 476. The second-order valence-electron chi connectivity index (χ2n) is 5.55. The molecule has 0 bridgehead atoms. The van der Waals surface area contributed by atoms with E-state index >= 15 is 0 Å². The van der Waals surface area contributed by atoms with Crippen LogP contribution in [0.15, 0.2) is 24.3 Å². The smallest absolute Gasteiger partial charge is 0.423 e. The highest BCUT2D eigenvalue weighted by atomic mass is 16.5. The normalized spacial score (nSPS) is 18.3. The first-order valence-electron chi connectivity index (χ1n) is 6.66. The molecule has 0 spiro atoms. The van der Waals surface area contributed by atoms with Crippen molar-refractivity contribution in [3.63, 3.8) is 0 Å². The van der Waals surface area contributed by atoms with Gasteiger partial charge in [-0.3, -0.25) is 4.79 Å². The van der Waals surface area contributed by atoms with Gasteiger partial charge in [0.15, 0.2) is 0 Å². The molecule has 1 heterocycles. The molecule has 1 aromatic rings. The lowest BCUT2D eigenvalue weighted by Gasteiger charge is -2.23. The van der Waals surface area contributed by atoms with Gasteiger partial charge in [-0.2, -0.15) is 0 Å². The molecule has 0 saturated heterocycles. The van der Waals surface area contributed by atoms with E-state index in [1.165, 1.54) is 0 Å². The van der Waals surface area contributed by atoms with Crippen LogP contribution in [-0.4, -0.2) is 24.6 Å². The van der Waals surface area contributed by atoms with E-state index in [4.69, 9.17) is 4.65 Å². The molecule has 0 radical (unpaired) electrons. The topological polar surface area (TPSA) is 58.6 Å². The summed E-state index contributed by atoms with van der Waals surface area (Å²) in [6.45, 7) is 6.21. The van der Waals surface area contributed by atoms with E-state index in [0.717, 1.165) is 17.4 Å². The summed E-state index contributed by atoms with van der Waals surface area (Å²) in [5, 5.41) is 12.7. The SMILES string of the molecule is CCC(C)(C)C(=O)NCC1OB(O)c2ccccc21. The van der Waals surface area contributed by atoms with Gasteiger partial charge in [0.25, 0.3) is 0 Å². The van der Waals surface area contributed by atoms with Gasteiger partial charge in [0.1, 0.15) is 0 Å². The predicted octanol–water partition coefficient (Wildman–Crippen LogP) is 0.998. The van der Waals surface area contributed by atoms with Crippen molar-refractivity contribution in [2.45, 2.75) is 33.3 Å². The molecule has 1 atom stereocenters. The van der Waals surface area contributed by atoms with Crippen LogP contribution in [0.3, 0.4) is 0 Å². The molecular weight excluding hydrogens is 241 g/mol. The molecule has 1 aliphatic rings. The molecule has 19 heavy (non-hydrogen) atoms. The zero-order chi connectivity index (χ0) is 14.0. The van der Waals surface area contributed by atoms with Crippen molar-refractivity contribution in [1.29, 1.82) is 0 Å². The van der Waals surface area contributed by atoms with Crippen LogP contribution < -0.4 is 10.8 Å². The van der Waals surface area contributed by atoms with Gasteiger partial charge in [-0.15, -0.1) is 0 Å². The number of amides is 1. The molecule has 1 aromatic carbocycles. The summed E-state index contributed by atoms with van der Waals surface area (Å²) >= 11 is 0. The highest BCUT2D eigenvalue weighted by Crippen LogP contribution is 2.24. The Morgan fingerprint density at radius 2 is 2.16 bits per heavy atom. The highest BCUT2D eigenvalue weighted by molar-refractivity contribution is 6.61. The Balaban J connectivity index is 2.01. The number of carbonyl (C=O) groups excluding carboxylic acids is 1. The van der Waals surface area contributed by atoms with Crippen LogP contribution in [0.2, 0.25) is 0 Å². The van der Waals surface area contributed by atoms with Gasteiger partial charge >= 0.3 is 7.12 Å². The zero-order valence-electron chi connectivity index (χ0n) is 11.6. The monoisotopic (exact) mass is 261 g/mol. The van der Waals surface area contributed by atoms with Crippen LogP contribution in [-0.2, 0) is 9.45 Å². The fourth-order valence-corrected chi connectivity index (χ4v) is 2.07. The molecule has 0 aromatic heterocycles. The maximum absolute atomic E-state index is 12.0. The summed E-state index contributed by atoms with van der Waals surface area (Å²) in [6, 6.07) is 7.54. The van der Waals surface area contributed by atoms with Crippen molar-refractivity contribution >= 4 is 18.5 Å². The first-order chi connectivity index (χ1) is 8.95. The summed E-state index contributed by atoms with van der Waals surface area (Å²) in [5.74, 6) is 0.0115. The fraction of sp³-hybridized carbons (Fsp3) is 0.500. The van der Waals surface area contributed by atoms with Crippen molar-refractivity contribution in [1.82, 2.24) is 5.32 Å². The van der Waals surface area contributed by atoms with Gasteiger partial charge < -0.3 is 15.0 Å². The first-order valence-corrected chi connectivity index (χ1v) is 6.66. The first kappa shape index (κ1) is 14.1. The molecular formula is C14H20BNO3. The van der Waals surface area contributed by atoms with Gasteiger partial charge in [0.2, 0.25) is 5.91 Å². The quantitative estimate of drug-likeness (QED) is 0.795. The number of fused-ring (bicyclic) bond motifs is 1. The number of carbonyl (C=O) groups is 1. The average Bonchev–Trinajstić information content (AvgIpc) is 2.73. The van der Waals surface area contributed by atoms with E-state index in [0.29, 0.717) is 6.54 Å². The van der Waals surface area contributed by atoms with Crippen LogP contribution in [0, 0.1) is 5.41 Å². The van der Waals surface area contributed by atoms with Crippen molar-refractivity contribution in [3.05, 3.63) is 29.8 Å². The molecule has 0 fully saturated rings. The summed E-state index contributed by atoms with van der Waals surface area (Å²) in [7, 11) is -0.891. The molecule has 1 amide bonds. The van der Waals surface area contributed by atoms with Gasteiger partial charge in [0, 0.05) is 12.0 Å². The van der Waals surface area contributed by atoms with Crippen molar-refractivity contribution in [2.24, 2.45) is 5.41 Å². The molecule has 1 unspecified atom stereocenters. The number of benzene rings is 1. The zero-order valence-corrected chi connectivity index (χ0v) is 11.6. The van der Waals surface area contributed by atoms with E-state index in [1.54, 1.807) is 0 Å². The molecule has 0 aliphatic carbocycles. The Hall–Kier alpha value is -1.33. The van der Waals surface area contributed by atoms with Gasteiger partial charge in [-0.05, 0) is 17.4 Å².